The summed E-state index contributed by atoms with van der Waals surface area (Å²) in [5.74, 6) is 0.943. The van der Waals surface area contributed by atoms with Crippen molar-refractivity contribution >= 4 is 41.7 Å². The standard InChI is InChI=1S/C14H27N5S.HI/c1-7-15-13(16-11-14(2,3)20-6)18(4)9-12-8-17-19(5)10-12;/h8,10H,7,9,11H2,1-6H3,(H,15,16);1H. The van der Waals surface area contributed by atoms with Gasteiger partial charge in [-0.25, -0.2) is 0 Å². The van der Waals surface area contributed by atoms with Gasteiger partial charge in [0.25, 0.3) is 0 Å². The van der Waals surface area contributed by atoms with Crippen molar-refractivity contribution in [1.82, 2.24) is 20.0 Å². The minimum absolute atomic E-state index is 0. The third-order valence-corrected chi connectivity index (χ3v) is 4.27. The smallest absolute Gasteiger partial charge is 0.194 e. The first-order chi connectivity index (χ1) is 9.38. The van der Waals surface area contributed by atoms with Gasteiger partial charge in [-0.2, -0.15) is 16.9 Å². The van der Waals surface area contributed by atoms with Gasteiger partial charge in [0.15, 0.2) is 5.96 Å². The van der Waals surface area contributed by atoms with Gasteiger partial charge in [0.2, 0.25) is 0 Å². The second-order valence-corrected chi connectivity index (χ2v) is 7.03. The molecule has 0 radical (unpaired) electrons. The maximum Gasteiger partial charge on any atom is 0.194 e. The van der Waals surface area contributed by atoms with Gasteiger partial charge in [-0.1, -0.05) is 0 Å². The first-order valence-electron chi connectivity index (χ1n) is 6.90. The molecule has 0 aliphatic heterocycles. The first-order valence-corrected chi connectivity index (χ1v) is 8.12. The molecule has 0 aliphatic rings. The second kappa shape index (κ2) is 9.55. The Balaban J connectivity index is 0.00000400. The molecule has 1 aromatic rings. The Morgan fingerprint density at radius 1 is 1.52 bits per heavy atom. The SMILES string of the molecule is CCNC(=NCC(C)(C)SC)N(C)Cc1cnn(C)c1.I. The summed E-state index contributed by atoms with van der Waals surface area (Å²) in [6, 6.07) is 0. The van der Waals surface area contributed by atoms with Crippen LogP contribution < -0.4 is 5.32 Å². The van der Waals surface area contributed by atoms with Crippen LogP contribution in [0.5, 0.6) is 0 Å². The lowest BCUT2D eigenvalue weighted by Gasteiger charge is -2.24. The molecule has 5 nitrogen and oxygen atoms in total. The van der Waals surface area contributed by atoms with Crippen molar-refractivity contribution in [3.8, 4) is 0 Å². The van der Waals surface area contributed by atoms with Crippen molar-refractivity contribution in [2.45, 2.75) is 32.1 Å². The summed E-state index contributed by atoms with van der Waals surface area (Å²) in [7, 11) is 3.99. The van der Waals surface area contributed by atoms with Crippen molar-refractivity contribution in [1.29, 1.82) is 0 Å². The third-order valence-electron chi connectivity index (χ3n) is 3.04. The first kappa shape index (κ1) is 20.6. The van der Waals surface area contributed by atoms with E-state index in [-0.39, 0.29) is 28.7 Å². The Kier molecular flexibility index (Phi) is 9.35. The number of aromatic nitrogens is 2. The van der Waals surface area contributed by atoms with Crippen LogP contribution in [-0.4, -0.2) is 51.8 Å². The maximum absolute atomic E-state index is 4.74. The number of aliphatic imine (C=N–C) groups is 1. The molecule has 0 aliphatic carbocycles. The zero-order valence-electron chi connectivity index (χ0n) is 13.9. The van der Waals surface area contributed by atoms with Gasteiger partial charge in [-0.3, -0.25) is 9.67 Å². The average Bonchev–Trinajstić information content (AvgIpc) is 2.79. The van der Waals surface area contributed by atoms with Crippen molar-refractivity contribution in [2.24, 2.45) is 12.0 Å². The summed E-state index contributed by atoms with van der Waals surface area (Å²) in [5.41, 5.74) is 1.18. The average molecular weight is 425 g/mol. The Morgan fingerprint density at radius 3 is 2.67 bits per heavy atom. The van der Waals surface area contributed by atoms with Crippen LogP contribution in [0.4, 0.5) is 0 Å². The number of aryl methyl sites for hydroxylation is 1. The fourth-order valence-electron chi connectivity index (χ4n) is 1.70. The summed E-state index contributed by atoms with van der Waals surface area (Å²) in [6.07, 6.45) is 6.06. The van der Waals surface area contributed by atoms with Gasteiger partial charge in [0.1, 0.15) is 0 Å². The van der Waals surface area contributed by atoms with Crippen LogP contribution in [-0.2, 0) is 13.6 Å². The quantitative estimate of drug-likeness (QED) is 0.433. The number of nitrogens with one attached hydrogen (secondary N) is 1. The van der Waals surface area contributed by atoms with Crippen molar-refractivity contribution in [3.05, 3.63) is 18.0 Å². The minimum atomic E-state index is 0. The normalized spacial score (nSPS) is 12.0. The molecule has 21 heavy (non-hydrogen) atoms. The van der Waals surface area contributed by atoms with Gasteiger partial charge in [-0.15, -0.1) is 24.0 Å². The number of nitrogens with zero attached hydrogens (tertiary/aromatic N) is 4. The van der Waals surface area contributed by atoms with Crippen LogP contribution in [0.1, 0.15) is 26.3 Å². The summed E-state index contributed by atoms with van der Waals surface area (Å²) >= 11 is 1.84. The highest BCUT2D eigenvalue weighted by Gasteiger charge is 2.16. The molecule has 0 aromatic carbocycles. The lowest BCUT2D eigenvalue weighted by atomic mass is 10.2. The number of rotatable bonds is 6. The van der Waals surface area contributed by atoms with Gasteiger partial charge < -0.3 is 10.2 Å². The van der Waals surface area contributed by atoms with Crippen molar-refractivity contribution in [2.75, 3.05) is 26.4 Å². The van der Waals surface area contributed by atoms with E-state index in [1.165, 1.54) is 5.56 Å². The molecule has 1 N–H and O–H groups in total. The van der Waals surface area contributed by atoms with Gasteiger partial charge in [0.05, 0.1) is 12.7 Å². The molecule has 0 unspecified atom stereocenters. The van der Waals surface area contributed by atoms with Gasteiger partial charge >= 0.3 is 0 Å². The molecule has 1 rings (SSSR count). The number of hydrogen-bond donors (Lipinski definition) is 1. The number of hydrogen-bond acceptors (Lipinski definition) is 3. The molecule has 0 bridgehead atoms. The topological polar surface area (TPSA) is 45.5 Å². The molecule has 0 saturated carbocycles. The minimum Gasteiger partial charge on any atom is -0.357 e. The third kappa shape index (κ3) is 7.39. The molecule has 0 spiro atoms. The molecular weight excluding hydrogens is 397 g/mol. The summed E-state index contributed by atoms with van der Waals surface area (Å²) < 4.78 is 1.99. The van der Waals surface area contributed by atoms with Crippen molar-refractivity contribution < 1.29 is 0 Å². The fraction of sp³-hybridized carbons (Fsp3) is 0.714. The molecule has 0 saturated heterocycles. The van der Waals surface area contributed by atoms with E-state index < -0.39 is 0 Å². The lowest BCUT2D eigenvalue weighted by molar-refractivity contribution is 0.475. The predicted octanol–water partition coefficient (Wildman–Crippen LogP) is 2.58. The fourth-order valence-corrected chi connectivity index (χ4v) is 1.90. The Labute approximate surface area is 150 Å². The zero-order chi connectivity index (χ0) is 15.2. The van der Waals surface area contributed by atoms with Crippen LogP contribution in [0.15, 0.2) is 17.4 Å². The predicted molar refractivity (Wildman–Crippen MR) is 104 cm³/mol. The largest absolute Gasteiger partial charge is 0.357 e. The lowest BCUT2D eigenvalue weighted by Crippen LogP contribution is -2.39. The zero-order valence-corrected chi connectivity index (χ0v) is 17.0. The van der Waals surface area contributed by atoms with Crippen LogP contribution in [0.25, 0.3) is 0 Å². The molecule has 122 valence electrons. The molecule has 7 heteroatoms. The maximum atomic E-state index is 4.74. The molecule has 0 atom stereocenters. The molecule has 1 heterocycles. The highest BCUT2D eigenvalue weighted by Crippen LogP contribution is 2.21. The summed E-state index contributed by atoms with van der Waals surface area (Å²) in [6.45, 7) is 8.99. The Morgan fingerprint density at radius 2 is 2.19 bits per heavy atom. The Bertz CT molecular complexity index is 444. The highest BCUT2D eigenvalue weighted by atomic mass is 127. The van der Waals surface area contributed by atoms with E-state index in [1.54, 1.807) is 0 Å². The van der Waals surface area contributed by atoms with Gasteiger partial charge in [0, 0.05) is 43.7 Å². The van der Waals surface area contributed by atoms with E-state index in [9.17, 15) is 0 Å². The molecular formula is C14H28IN5S. The van der Waals surface area contributed by atoms with E-state index in [0.717, 1.165) is 25.6 Å². The van der Waals surface area contributed by atoms with Crippen molar-refractivity contribution in [3.63, 3.8) is 0 Å². The van der Waals surface area contributed by atoms with Crippen LogP contribution in [0.3, 0.4) is 0 Å². The summed E-state index contributed by atoms with van der Waals surface area (Å²) in [5, 5.41) is 7.55. The molecule has 0 fully saturated rings. The second-order valence-electron chi connectivity index (χ2n) is 5.51. The number of halogens is 1. The Hall–Kier alpha value is -0.440. The van der Waals surface area contributed by atoms with E-state index in [4.69, 9.17) is 4.99 Å². The van der Waals surface area contributed by atoms with Crippen LogP contribution in [0.2, 0.25) is 0 Å². The number of guanidine groups is 1. The van der Waals surface area contributed by atoms with E-state index in [1.807, 2.05) is 35.9 Å². The molecule has 0 amide bonds. The summed E-state index contributed by atoms with van der Waals surface area (Å²) in [4.78, 5) is 6.88. The molecule has 1 aromatic heterocycles. The van der Waals surface area contributed by atoms with Gasteiger partial charge in [-0.05, 0) is 27.0 Å². The van der Waals surface area contributed by atoms with E-state index in [2.05, 4.69) is 49.4 Å². The number of thioether (sulfide) groups is 1. The highest BCUT2D eigenvalue weighted by molar-refractivity contribution is 14.0. The van der Waals surface area contributed by atoms with Crippen LogP contribution >= 0.6 is 35.7 Å². The van der Waals surface area contributed by atoms with E-state index in [0.29, 0.717) is 0 Å². The van der Waals surface area contributed by atoms with Crippen LogP contribution in [0, 0.1) is 0 Å². The van der Waals surface area contributed by atoms with E-state index >= 15 is 0 Å². The monoisotopic (exact) mass is 425 g/mol.